The van der Waals surface area contributed by atoms with Crippen LogP contribution in [0.3, 0.4) is 0 Å². The molecule has 0 spiro atoms. The van der Waals surface area contributed by atoms with Crippen LogP contribution in [0.1, 0.15) is 18.9 Å². The maximum Gasteiger partial charge on any atom is 0.308 e. The molecule has 0 N–H and O–H groups in total. The standard InChI is InChI=1S/C16H21N3O3/c1-13(15(20)21-2)11-16(12-17,14-3-5-18-6-4-14)19-7-9-22-10-8-19/h3-6,13H,7-11H2,1-2H3. The van der Waals surface area contributed by atoms with E-state index in [1.54, 1.807) is 19.3 Å². The zero-order valence-electron chi connectivity index (χ0n) is 13.0. The quantitative estimate of drug-likeness (QED) is 0.764. The van der Waals surface area contributed by atoms with Gasteiger partial charge < -0.3 is 9.47 Å². The van der Waals surface area contributed by atoms with Gasteiger partial charge in [0.05, 0.1) is 32.3 Å². The third-order valence-electron chi connectivity index (χ3n) is 4.10. The van der Waals surface area contributed by atoms with Gasteiger partial charge >= 0.3 is 5.97 Å². The van der Waals surface area contributed by atoms with E-state index in [2.05, 4.69) is 16.0 Å². The summed E-state index contributed by atoms with van der Waals surface area (Å²) in [5, 5.41) is 9.98. The van der Waals surface area contributed by atoms with Crippen LogP contribution in [0.2, 0.25) is 0 Å². The van der Waals surface area contributed by atoms with Gasteiger partial charge in [0.2, 0.25) is 0 Å². The highest BCUT2D eigenvalue weighted by molar-refractivity contribution is 5.72. The molecule has 1 aromatic rings. The number of hydrogen-bond donors (Lipinski definition) is 0. The van der Waals surface area contributed by atoms with Gasteiger partial charge in [-0.15, -0.1) is 0 Å². The lowest BCUT2D eigenvalue weighted by atomic mass is 9.81. The molecule has 2 heterocycles. The molecule has 0 bridgehead atoms. The van der Waals surface area contributed by atoms with E-state index in [0.29, 0.717) is 32.7 Å². The average molecular weight is 303 g/mol. The Hall–Kier alpha value is -1.97. The number of esters is 1. The molecule has 2 rings (SSSR count). The Bertz CT molecular complexity index is 537. The molecule has 1 aliphatic heterocycles. The van der Waals surface area contributed by atoms with Gasteiger partial charge in [-0.2, -0.15) is 5.26 Å². The molecular formula is C16H21N3O3. The molecule has 22 heavy (non-hydrogen) atoms. The molecule has 0 aliphatic carbocycles. The topological polar surface area (TPSA) is 75.5 Å². The van der Waals surface area contributed by atoms with Crippen molar-refractivity contribution in [2.45, 2.75) is 18.9 Å². The average Bonchev–Trinajstić information content (AvgIpc) is 2.60. The van der Waals surface area contributed by atoms with Gasteiger partial charge in [-0.25, -0.2) is 0 Å². The second-order valence-electron chi connectivity index (χ2n) is 5.44. The summed E-state index contributed by atoms with van der Waals surface area (Å²) >= 11 is 0. The van der Waals surface area contributed by atoms with E-state index in [0.717, 1.165) is 5.56 Å². The molecule has 1 saturated heterocycles. The highest BCUT2D eigenvalue weighted by Gasteiger charge is 2.42. The maximum atomic E-state index is 11.8. The van der Waals surface area contributed by atoms with Crippen LogP contribution in [0.15, 0.2) is 24.5 Å². The molecule has 6 nitrogen and oxygen atoms in total. The number of ether oxygens (including phenoxy) is 2. The summed E-state index contributed by atoms with van der Waals surface area (Å²) < 4.78 is 10.2. The minimum absolute atomic E-state index is 0.304. The van der Waals surface area contributed by atoms with Gasteiger partial charge in [-0.05, 0) is 24.1 Å². The number of rotatable bonds is 5. The Balaban J connectivity index is 2.38. The van der Waals surface area contributed by atoms with Crippen molar-refractivity contribution in [2.75, 3.05) is 33.4 Å². The molecule has 2 atom stereocenters. The summed E-state index contributed by atoms with van der Waals surface area (Å²) in [7, 11) is 1.37. The first-order valence-electron chi connectivity index (χ1n) is 7.36. The molecule has 1 fully saturated rings. The zero-order chi connectivity index (χ0) is 16.0. The second kappa shape index (κ2) is 7.34. The van der Waals surface area contributed by atoms with Crippen molar-refractivity contribution in [1.82, 2.24) is 9.88 Å². The van der Waals surface area contributed by atoms with E-state index < -0.39 is 5.54 Å². The van der Waals surface area contributed by atoms with Crippen molar-refractivity contribution >= 4 is 5.97 Å². The first-order chi connectivity index (χ1) is 10.6. The molecule has 0 saturated carbocycles. The normalized spacial score (nSPS) is 19.7. The molecule has 1 aromatic heterocycles. The first-order valence-corrected chi connectivity index (χ1v) is 7.36. The SMILES string of the molecule is COC(=O)C(C)CC(C#N)(c1ccncc1)N1CCOCC1. The second-order valence-corrected chi connectivity index (χ2v) is 5.44. The summed E-state index contributed by atoms with van der Waals surface area (Å²) in [4.78, 5) is 17.9. The lowest BCUT2D eigenvalue weighted by molar-refractivity contribution is -0.146. The Morgan fingerprint density at radius 1 is 1.50 bits per heavy atom. The Morgan fingerprint density at radius 3 is 2.68 bits per heavy atom. The Kier molecular flexibility index (Phi) is 5.47. The van der Waals surface area contributed by atoms with Crippen LogP contribution in [-0.4, -0.2) is 49.3 Å². The third-order valence-corrected chi connectivity index (χ3v) is 4.10. The van der Waals surface area contributed by atoms with E-state index in [1.165, 1.54) is 7.11 Å². The zero-order valence-corrected chi connectivity index (χ0v) is 13.0. The Labute approximate surface area is 130 Å². The van der Waals surface area contributed by atoms with Gasteiger partial charge in [0.1, 0.15) is 5.54 Å². The number of hydrogen-bond acceptors (Lipinski definition) is 6. The number of nitriles is 1. The van der Waals surface area contributed by atoms with Crippen molar-refractivity contribution in [3.63, 3.8) is 0 Å². The van der Waals surface area contributed by atoms with Crippen molar-refractivity contribution < 1.29 is 14.3 Å². The lowest BCUT2D eigenvalue weighted by Crippen LogP contribution is -2.52. The minimum Gasteiger partial charge on any atom is -0.469 e. The molecule has 118 valence electrons. The smallest absolute Gasteiger partial charge is 0.308 e. The predicted molar refractivity (Wildman–Crippen MR) is 79.7 cm³/mol. The number of carbonyl (C=O) groups is 1. The van der Waals surface area contributed by atoms with E-state index >= 15 is 0 Å². The fraction of sp³-hybridized carbons (Fsp3) is 0.562. The fourth-order valence-electron chi connectivity index (χ4n) is 2.91. The number of aromatic nitrogens is 1. The predicted octanol–water partition coefficient (Wildman–Crippen LogP) is 1.33. The number of methoxy groups -OCH3 is 1. The van der Waals surface area contributed by atoms with Crippen molar-refractivity contribution in [3.8, 4) is 6.07 Å². The number of morpholine rings is 1. The van der Waals surface area contributed by atoms with Gasteiger partial charge in [-0.3, -0.25) is 14.7 Å². The summed E-state index contributed by atoms with van der Waals surface area (Å²) in [5.74, 6) is -0.678. The van der Waals surface area contributed by atoms with Crippen molar-refractivity contribution in [2.24, 2.45) is 5.92 Å². The molecule has 0 amide bonds. The number of carbonyl (C=O) groups excluding carboxylic acids is 1. The van der Waals surface area contributed by atoms with Gasteiger partial charge in [0.25, 0.3) is 0 Å². The van der Waals surface area contributed by atoms with Crippen LogP contribution >= 0.6 is 0 Å². The van der Waals surface area contributed by atoms with Crippen LogP contribution in [0.5, 0.6) is 0 Å². The van der Waals surface area contributed by atoms with Crippen LogP contribution in [-0.2, 0) is 19.8 Å². The molecular weight excluding hydrogens is 282 g/mol. The number of pyridine rings is 1. The fourth-order valence-corrected chi connectivity index (χ4v) is 2.91. The molecule has 2 unspecified atom stereocenters. The Morgan fingerprint density at radius 2 is 2.14 bits per heavy atom. The van der Waals surface area contributed by atoms with Crippen LogP contribution in [0.4, 0.5) is 0 Å². The monoisotopic (exact) mass is 303 g/mol. The first kappa shape index (κ1) is 16.4. The summed E-state index contributed by atoms with van der Waals surface area (Å²) in [6.07, 6.45) is 3.72. The molecule has 0 aromatic carbocycles. The van der Waals surface area contributed by atoms with E-state index in [-0.39, 0.29) is 11.9 Å². The van der Waals surface area contributed by atoms with Gasteiger partial charge in [0, 0.05) is 25.5 Å². The molecule has 1 aliphatic rings. The summed E-state index contributed by atoms with van der Waals surface area (Å²) in [6, 6.07) is 6.12. The van der Waals surface area contributed by atoms with E-state index in [4.69, 9.17) is 9.47 Å². The largest absolute Gasteiger partial charge is 0.469 e. The number of nitrogens with zero attached hydrogens (tertiary/aromatic N) is 3. The maximum absolute atomic E-state index is 11.8. The lowest BCUT2D eigenvalue weighted by Gasteiger charge is -2.42. The van der Waals surface area contributed by atoms with Crippen LogP contribution < -0.4 is 0 Å². The van der Waals surface area contributed by atoms with E-state index in [1.807, 2.05) is 12.1 Å². The molecule has 6 heteroatoms. The van der Waals surface area contributed by atoms with Crippen molar-refractivity contribution in [1.29, 1.82) is 5.26 Å². The van der Waals surface area contributed by atoms with Crippen LogP contribution in [0, 0.1) is 17.2 Å². The van der Waals surface area contributed by atoms with Crippen molar-refractivity contribution in [3.05, 3.63) is 30.1 Å². The van der Waals surface area contributed by atoms with Gasteiger partial charge in [-0.1, -0.05) is 6.92 Å². The highest BCUT2D eigenvalue weighted by atomic mass is 16.5. The third kappa shape index (κ3) is 3.26. The van der Waals surface area contributed by atoms with E-state index in [9.17, 15) is 10.1 Å². The summed E-state index contributed by atoms with van der Waals surface area (Å²) in [6.45, 7) is 4.27. The summed E-state index contributed by atoms with van der Waals surface area (Å²) in [5.41, 5.74) is -0.0250. The molecule has 0 radical (unpaired) electrons. The minimum atomic E-state index is -0.875. The highest BCUT2D eigenvalue weighted by Crippen LogP contribution is 2.35. The van der Waals surface area contributed by atoms with Crippen LogP contribution in [0.25, 0.3) is 0 Å². The van der Waals surface area contributed by atoms with Gasteiger partial charge in [0.15, 0.2) is 0 Å².